The van der Waals surface area contributed by atoms with Gasteiger partial charge in [0.15, 0.2) is 25.0 Å². The van der Waals surface area contributed by atoms with Crippen molar-refractivity contribution in [3.05, 3.63) is 11.6 Å². The highest BCUT2D eigenvalue weighted by Crippen LogP contribution is 2.76. The Morgan fingerprint density at radius 2 is 1.20 bits per heavy atom. The molecular formula is C48H78O21. The third-order valence-electron chi connectivity index (χ3n) is 19.6. The summed E-state index contributed by atoms with van der Waals surface area (Å²) < 4.78 is 41.5. The number of carbonyl (C=O) groups excluding carboxylic acids is 1. The minimum atomic E-state index is -1.96. The molecule has 0 aromatic heterocycles. The van der Waals surface area contributed by atoms with E-state index in [1.165, 1.54) is 0 Å². The van der Waals surface area contributed by atoms with Crippen LogP contribution in [0.15, 0.2) is 11.6 Å². The molecule has 0 bridgehead atoms. The van der Waals surface area contributed by atoms with Gasteiger partial charge in [-0.05, 0) is 77.9 Å². The quantitative estimate of drug-likeness (QED) is 0.0602. The van der Waals surface area contributed by atoms with Gasteiger partial charge in [-0.25, -0.2) is 4.79 Å². The standard InChI is InChI=1S/C48H78O21/c1-43(2)15-20-19-9-10-24-45(5)13-12-25(44(3,4)23(45)11-14-46(24,6)47(19,7)36(59)38(61)48(20,18-51)37(60)35(43)58)66-42-33(68-41-30(56)28(54)26(52)21(16-49)64-41)31(57)32(34(69-42)39(62)63-8)67-40-29(55)27(53)22(17-50)65-40/h9,20-38,40-42,49-61H,10-18H2,1-8H3/t20-,21+,22+,23?,24?,25-,26+,27+,28-,29-,30+,31-,32-,33+,34-,35-,36-,37-,38+,40-,41-,42+,45-,46+,47-,48+/m0/s1. The molecule has 0 aromatic carbocycles. The molecule has 396 valence electrons. The van der Waals surface area contributed by atoms with E-state index in [4.69, 9.17) is 33.2 Å². The first-order valence-electron chi connectivity index (χ1n) is 24.5. The lowest BCUT2D eigenvalue weighted by Crippen LogP contribution is -2.76. The maximum atomic E-state index is 13.5. The molecule has 3 heterocycles. The third-order valence-corrected chi connectivity index (χ3v) is 19.6. The number of aliphatic hydroxyl groups is 13. The summed E-state index contributed by atoms with van der Waals surface area (Å²) in [7, 11) is 1.07. The van der Waals surface area contributed by atoms with E-state index in [0.29, 0.717) is 38.5 Å². The van der Waals surface area contributed by atoms with E-state index >= 15 is 0 Å². The van der Waals surface area contributed by atoms with Crippen molar-refractivity contribution in [1.29, 1.82) is 0 Å². The summed E-state index contributed by atoms with van der Waals surface area (Å²) in [4.78, 5) is 13.5. The number of hydrogen-bond acceptors (Lipinski definition) is 21. The average Bonchev–Trinajstić information content (AvgIpc) is 3.58. The van der Waals surface area contributed by atoms with Gasteiger partial charge in [0.05, 0.1) is 62.9 Å². The Labute approximate surface area is 401 Å². The number of fused-ring (bicyclic) bond motifs is 7. The van der Waals surface area contributed by atoms with Crippen molar-refractivity contribution < 1.29 is 104 Å². The Morgan fingerprint density at radius 3 is 1.78 bits per heavy atom. The Balaban J connectivity index is 1.11. The molecule has 0 aromatic rings. The molecule has 3 saturated heterocycles. The highest BCUT2D eigenvalue weighted by molar-refractivity contribution is 5.75. The van der Waals surface area contributed by atoms with Crippen LogP contribution in [0.25, 0.3) is 0 Å². The molecule has 21 nitrogen and oxygen atoms in total. The summed E-state index contributed by atoms with van der Waals surface area (Å²) >= 11 is 0. The molecule has 0 spiro atoms. The van der Waals surface area contributed by atoms with Gasteiger partial charge < -0.3 is 99.5 Å². The molecule has 69 heavy (non-hydrogen) atoms. The Hall–Kier alpha value is -1.55. The lowest BCUT2D eigenvalue weighted by molar-refractivity contribution is -0.383. The maximum Gasteiger partial charge on any atom is 0.337 e. The van der Waals surface area contributed by atoms with Crippen LogP contribution in [0.2, 0.25) is 0 Å². The SMILES string of the molecule is COC(=O)[C@H]1O[C@@H](O[C@H]2CC[C@@]3(C)C(CC[C@]4(C)C3CC=C3[C@@H]5CC(C)(C)[C@@H](O)[C@H](O)[C@]5(CO)[C@H](O)[C@H](O)[C@]34C)C2(C)C)[C@H](O[C@@H]2O[C@H](CO)[C@@H](O)[C@H](O)[C@H]2O)[C@@H](O)[C@@H]1O[C@@H]1O[C@H](CO)[C@@H](O)[C@@H]1O. The van der Waals surface area contributed by atoms with Crippen LogP contribution in [0, 0.1) is 50.2 Å². The number of rotatable bonds is 10. The molecule has 0 radical (unpaired) electrons. The fourth-order valence-electron chi connectivity index (χ4n) is 15.3. The first-order chi connectivity index (χ1) is 32.2. The third kappa shape index (κ3) is 7.77. The van der Waals surface area contributed by atoms with E-state index in [2.05, 4.69) is 33.8 Å². The molecule has 8 aliphatic rings. The number of aliphatic hydroxyl groups excluding tert-OH is 13. The van der Waals surface area contributed by atoms with Gasteiger partial charge in [-0.15, -0.1) is 0 Å². The molecule has 0 amide bonds. The number of hydrogen-bond donors (Lipinski definition) is 13. The van der Waals surface area contributed by atoms with Crippen LogP contribution in [-0.2, 0) is 38.0 Å². The van der Waals surface area contributed by atoms with Crippen LogP contribution < -0.4 is 0 Å². The predicted octanol–water partition coefficient (Wildman–Crippen LogP) is -2.68. The molecular weight excluding hydrogens is 913 g/mol. The summed E-state index contributed by atoms with van der Waals surface area (Å²) in [5.74, 6) is -1.70. The van der Waals surface area contributed by atoms with Crippen LogP contribution in [-0.4, -0.2) is 216 Å². The van der Waals surface area contributed by atoms with E-state index < -0.39 is 181 Å². The second-order valence-electron chi connectivity index (χ2n) is 23.5. The Bertz CT molecular complexity index is 1900. The summed E-state index contributed by atoms with van der Waals surface area (Å²) in [5, 5.41) is 144. The molecule has 21 heteroatoms. The second-order valence-corrected chi connectivity index (χ2v) is 23.5. The molecule has 26 atom stereocenters. The summed E-state index contributed by atoms with van der Waals surface area (Å²) in [5.41, 5.74) is -4.18. The number of methoxy groups -OCH3 is 1. The van der Waals surface area contributed by atoms with E-state index in [1.54, 1.807) is 0 Å². The van der Waals surface area contributed by atoms with Gasteiger partial charge in [0.25, 0.3) is 0 Å². The predicted molar refractivity (Wildman–Crippen MR) is 235 cm³/mol. The van der Waals surface area contributed by atoms with Gasteiger partial charge in [-0.1, -0.05) is 60.1 Å². The van der Waals surface area contributed by atoms with E-state index in [9.17, 15) is 71.2 Å². The van der Waals surface area contributed by atoms with Crippen molar-refractivity contribution in [3.63, 3.8) is 0 Å². The molecule has 2 unspecified atom stereocenters. The van der Waals surface area contributed by atoms with E-state index in [0.717, 1.165) is 12.7 Å². The number of ether oxygens (including phenoxy) is 7. The van der Waals surface area contributed by atoms with Crippen molar-refractivity contribution >= 4 is 5.97 Å². The monoisotopic (exact) mass is 991 g/mol. The molecule has 5 aliphatic carbocycles. The van der Waals surface area contributed by atoms with Crippen molar-refractivity contribution in [2.75, 3.05) is 26.9 Å². The fourth-order valence-corrected chi connectivity index (χ4v) is 15.3. The minimum Gasteiger partial charge on any atom is -0.467 e. The largest absolute Gasteiger partial charge is 0.467 e. The molecule has 8 rings (SSSR count). The maximum absolute atomic E-state index is 13.5. The number of allylic oxidation sites excluding steroid dienone is 1. The Morgan fingerprint density at radius 1 is 0.638 bits per heavy atom. The van der Waals surface area contributed by atoms with Crippen molar-refractivity contribution in [1.82, 2.24) is 0 Å². The van der Waals surface area contributed by atoms with Gasteiger partial charge >= 0.3 is 5.97 Å². The van der Waals surface area contributed by atoms with Gasteiger partial charge in [0, 0.05) is 5.41 Å². The summed E-state index contributed by atoms with van der Waals surface area (Å²) in [6, 6.07) is 0. The highest BCUT2D eigenvalue weighted by Gasteiger charge is 2.75. The van der Waals surface area contributed by atoms with Crippen molar-refractivity contribution in [3.8, 4) is 0 Å². The van der Waals surface area contributed by atoms with Crippen LogP contribution in [0.3, 0.4) is 0 Å². The zero-order valence-electron chi connectivity index (χ0n) is 40.7. The van der Waals surface area contributed by atoms with E-state index in [-0.39, 0.29) is 11.8 Å². The van der Waals surface area contributed by atoms with Gasteiger partial charge in [-0.2, -0.15) is 0 Å². The van der Waals surface area contributed by atoms with Crippen molar-refractivity contribution in [2.45, 2.75) is 204 Å². The lowest BCUT2D eigenvalue weighted by Gasteiger charge is -2.73. The van der Waals surface area contributed by atoms with Gasteiger partial charge in [0.1, 0.15) is 61.0 Å². The van der Waals surface area contributed by atoms with Crippen molar-refractivity contribution in [2.24, 2.45) is 50.2 Å². The second kappa shape index (κ2) is 18.7. The molecule has 3 aliphatic heterocycles. The van der Waals surface area contributed by atoms with Crippen LogP contribution in [0.1, 0.15) is 87.0 Å². The zero-order valence-corrected chi connectivity index (χ0v) is 40.7. The zero-order chi connectivity index (χ0) is 50.9. The van der Waals surface area contributed by atoms with Gasteiger partial charge in [0.2, 0.25) is 0 Å². The smallest absolute Gasteiger partial charge is 0.337 e. The van der Waals surface area contributed by atoms with Gasteiger partial charge in [-0.3, -0.25) is 0 Å². The first-order valence-corrected chi connectivity index (χ1v) is 24.5. The molecule has 13 N–H and O–H groups in total. The Kier molecular flexibility index (Phi) is 14.5. The minimum absolute atomic E-state index is 0.0537. The van der Waals surface area contributed by atoms with Crippen LogP contribution >= 0.6 is 0 Å². The first kappa shape index (κ1) is 53.7. The lowest BCUT2D eigenvalue weighted by atomic mass is 9.32. The summed E-state index contributed by atoms with van der Waals surface area (Å²) in [6.07, 6.45) is -25.1. The average molecular weight is 991 g/mol. The number of carbonyl (C=O) groups is 1. The molecule has 4 saturated carbocycles. The molecule has 7 fully saturated rings. The normalized spacial score (nSPS) is 54.6. The number of esters is 1. The summed E-state index contributed by atoms with van der Waals surface area (Å²) in [6.45, 7) is 12.1. The van der Waals surface area contributed by atoms with Crippen LogP contribution in [0.4, 0.5) is 0 Å². The van der Waals surface area contributed by atoms with Crippen LogP contribution in [0.5, 0.6) is 0 Å². The topological polar surface area (TPSA) is 345 Å². The van der Waals surface area contributed by atoms with E-state index in [1.807, 2.05) is 20.8 Å². The highest BCUT2D eigenvalue weighted by atomic mass is 16.8. The fraction of sp³-hybridized carbons (Fsp3) is 0.938.